The van der Waals surface area contributed by atoms with Crippen LogP contribution in [-0.2, 0) is 4.74 Å². The van der Waals surface area contributed by atoms with E-state index in [2.05, 4.69) is 40.1 Å². The molecule has 0 saturated carbocycles. The number of nitrogens with one attached hydrogen (secondary N) is 1. The summed E-state index contributed by atoms with van der Waals surface area (Å²) in [6, 6.07) is 6.64. The predicted molar refractivity (Wildman–Crippen MR) is 88.8 cm³/mol. The second kappa shape index (κ2) is 7.27. The smallest absolute Gasteiger partial charge is 0.338 e. The van der Waals surface area contributed by atoms with Crippen molar-refractivity contribution in [2.75, 3.05) is 25.5 Å². The molecule has 1 saturated heterocycles. The fourth-order valence-corrected chi connectivity index (χ4v) is 3.11. The van der Waals surface area contributed by atoms with Gasteiger partial charge >= 0.3 is 5.97 Å². The molecule has 0 amide bonds. The molecule has 0 spiro atoms. The Hall–Kier alpha value is -1.07. The van der Waals surface area contributed by atoms with Crippen LogP contribution in [0.15, 0.2) is 22.7 Å². The van der Waals surface area contributed by atoms with Gasteiger partial charge in [0.2, 0.25) is 0 Å². The van der Waals surface area contributed by atoms with E-state index in [0.29, 0.717) is 24.3 Å². The van der Waals surface area contributed by atoms with Gasteiger partial charge < -0.3 is 15.0 Å². The monoisotopic (exact) mass is 354 g/mol. The summed E-state index contributed by atoms with van der Waals surface area (Å²) in [5.41, 5.74) is 1.61. The molecule has 5 heteroatoms. The number of nitrogens with zero attached hydrogens (tertiary/aromatic N) is 1. The van der Waals surface area contributed by atoms with Crippen LogP contribution in [0.4, 0.5) is 5.69 Å². The van der Waals surface area contributed by atoms with Gasteiger partial charge in [0.05, 0.1) is 12.2 Å². The molecule has 1 N–H and O–H groups in total. The van der Waals surface area contributed by atoms with Gasteiger partial charge in [0.15, 0.2) is 0 Å². The summed E-state index contributed by atoms with van der Waals surface area (Å²) in [6.07, 6.45) is 2.26. The lowest BCUT2D eigenvalue weighted by molar-refractivity contribution is 0.0526. The third kappa shape index (κ3) is 4.20. The zero-order chi connectivity index (χ0) is 15.4. The first-order valence-corrected chi connectivity index (χ1v) is 8.24. The quantitative estimate of drug-likeness (QED) is 0.840. The summed E-state index contributed by atoms with van der Waals surface area (Å²) in [5.74, 6) is -0.280. The first kappa shape index (κ1) is 16.3. The highest BCUT2D eigenvalue weighted by atomic mass is 79.9. The van der Waals surface area contributed by atoms with Crippen LogP contribution in [0.5, 0.6) is 0 Å². The van der Waals surface area contributed by atoms with Crippen LogP contribution in [0.1, 0.15) is 37.0 Å². The highest BCUT2D eigenvalue weighted by Gasteiger charge is 2.23. The highest BCUT2D eigenvalue weighted by Crippen LogP contribution is 2.27. The molecule has 1 fully saturated rings. The number of esters is 1. The molecule has 0 bridgehead atoms. The maximum atomic E-state index is 11.7. The normalized spacial score (nSPS) is 22.9. The molecule has 2 atom stereocenters. The van der Waals surface area contributed by atoms with Crippen LogP contribution < -0.4 is 5.32 Å². The van der Waals surface area contributed by atoms with Crippen molar-refractivity contribution >= 4 is 27.6 Å². The largest absolute Gasteiger partial charge is 0.462 e. The SMILES string of the molecule is CCOC(=O)c1ccc(NC2CCN(C)C(C)C2)c(Br)c1. The summed E-state index contributed by atoms with van der Waals surface area (Å²) in [5, 5.41) is 3.57. The van der Waals surface area contributed by atoms with Crippen LogP contribution in [0.25, 0.3) is 0 Å². The molecule has 2 rings (SSSR count). The maximum absolute atomic E-state index is 11.7. The van der Waals surface area contributed by atoms with Gasteiger partial charge in [0.25, 0.3) is 0 Å². The van der Waals surface area contributed by atoms with E-state index in [1.54, 1.807) is 0 Å². The Morgan fingerprint density at radius 2 is 2.29 bits per heavy atom. The molecular weight excluding hydrogens is 332 g/mol. The van der Waals surface area contributed by atoms with Crippen molar-refractivity contribution < 1.29 is 9.53 Å². The van der Waals surface area contributed by atoms with Crippen molar-refractivity contribution in [3.8, 4) is 0 Å². The van der Waals surface area contributed by atoms with E-state index in [1.807, 2.05) is 25.1 Å². The first-order chi connectivity index (χ1) is 10.0. The Morgan fingerprint density at radius 3 is 2.90 bits per heavy atom. The van der Waals surface area contributed by atoms with Crippen molar-refractivity contribution in [3.05, 3.63) is 28.2 Å². The number of hydrogen-bond acceptors (Lipinski definition) is 4. The van der Waals surface area contributed by atoms with E-state index in [9.17, 15) is 4.79 Å². The first-order valence-electron chi connectivity index (χ1n) is 7.44. The predicted octanol–water partition coefficient (Wildman–Crippen LogP) is 3.52. The number of carbonyl (C=O) groups is 1. The molecule has 116 valence electrons. The van der Waals surface area contributed by atoms with Crippen LogP contribution >= 0.6 is 15.9 Å². The molecule has 21 heavy (non-hydrogen) atoms. The summed E-state index contributed by atoms with van der Waals surface area (Å²) in [7, 11) is 2.17. The lowest BCUT2D eigenvalue weighted by atomic mass is 9.98. The molecule has 1 aliphatic heterocycles. The second-order valence-corrected chi connectivity index (χ2v) is 6.46. The van der Waals surface area contributed by atoms with Gasteiger partial charge in [-0.1, -0.05) is 0 Å². The number of ether oxygens (including phenoxy) is 1. The minimum Gasteiger partial charge on any atom is -0.462 e. The Bertz CT molecular complexity index is 507. The topological polar surface area (TPSA) is 41.6 Å². The molecule has 0 aliphatic carbocycles. The van der Waals surface area contributed by atoms with E-state index in [4.69, 9.17) is 4.74 Å². The van der Waals surface area contributed by atoms with Gasteiger partial charge in [-0.05, 0) is 67.9 Å². The second-order valence-electron chi connectivity index (χ2n) is 5.61. The molecule has 1 heterocycles. The summed E-state index contributed by atoms with van der Waals surface area (Å²) < 4.78 is 5.92. The number of piperidine rings is 1. The van der Waals surface area contributed by atoms with Gasteiger partial charge in [-0.2, -0.15) is 0 Å². The molecule has 1 aromatic carbocycles. The van der Waals surface area contributed by atoms with Crippen LogP contribution in [-0.4, -0.2) is 43.2 Å². The van der Waals surface area contributed by atoms with Gasteiger partial charge in [-0.15, -0.1) is 0 Å². The average Bonchev–Trinajstić information content (AvgIpc) is 2.45. The van der Waals surface area contributed by atoms with Gasteiger partial charge in [-0.3, -0.25) is 0 Å². The number of likely N-dealkylation sites (tertiary alicyclic amines) is 1. The minimum absolute atomic E-state index is 0.280. The zero-order valence-corrected chi connectivity index (χ0v) is 14.4. The molecule has 0 radical (unpaired) electrons. The molecule has 1 aliphatic rings. The fourth-order valence-electron chi connectivity index (χ4n) is 2.61. The summed E-state index contributed by atoms with van der Waals surface area (Å²) >= 11 is 3.54. The number of hydrogen-bond donors (Lipinski definition) is 1. The Morgan fingerprint density at radius 1 is 1.52 bits per heavy atom. The van der Waals surface area contributed by atoms with Crippen LogP contribution in [0.2, 0.25) is 0 Å². The Labute approximate surface area is 135 Å². The van der Waals surface area contributed by atoms with Crippen molar-refractivity contribution in [2.24, 2.45) is 0 Å². The molecule has 1 aromatic rings. The van der Waals surface area contributed by atoms with Crippen molar-refractivity contribution in [1.82, 2.24) is 4.90 Å². The summed E-state index contributed by atoms with van der Waals surface area (Å²) in [4.78, 5) is 14.1. The number of rotatable bonds is 4. The highest BCUT2D eigenvalue weighted by molar-refractivity contribution is 9.10. The van der Waals surface area contributed by atoms with E-state index in [0.717, 1.165) is 29.5 Å². The number of carbonyl (C=O) groups excluding carboxylic acids is 1. The Kier molecular flexibility index (Phi) is 5.65. The standard InChI is InChI=1S/C16H23BrN2O2/c1-4-21-16(20)12-5-6-15(14(17)10-12)18-13-7-8-19(3)11(2)9-13/h5-6,10-11,13,18H,4,7-9H2,1-3H3. The van der Waals surface area contributed by atoms with E-state index in [-0.39, 0.29) is 5.97 Å². The fraction of sp³-hybridized carbons (Fsp3) is 0.562. The molecule has 0 aromatic heterocycles. The third-order valence-corrected chi connectivity index (χ3v) is 4.70. The van der Waals surface area contributed by atoms with Crippen LogP contribution in [0, 0.1) is 0 Å². The van der Waals surface area contributed by atoms with Crippen molar-refractivity contribution in [2.45, 2.75) is 38.8 Å². The number of benzene rings is 1. The van der Waals surface area contributed by atoms with Crippen molar-refractivity contribution in [3.63, 3.8) is 0 Å². The van der Waals surface area contributed by atoms with Crippen molar-refractivity contribution in [1.29, 1.82) is 0 Å². The molecule has 4 nitrogen and oxygen atoms in total. The zero-order valence-electron chi connectivity index (χ0n) is 12.9. The number of halogens is 1. The maximum Gasteiger partial charge on any atom is 0.338 e. The Balaban J connectivity index is 2.03. The van der Waals surface area contributed by atoms with Crippen LogP contribution in [0.3, 0.4) is 0 Å². The van der Waals surface area contributed by atoms with E-state index in [1.165, 1.54) is 0 Å². The van der Waals surface area contributed by atoms with E-state index >= 15 is 0 Å². The minimum atomic E-state index is -0.280. The average molecular weight is 355 g/mol. The van der Waals surface area contributed by atoms with E-state index < -0.39 is 0 Å². The third-order valence-electron chi connectivity index (χ3n) is 4.05. The van der Waals surface area contributed by atoms with Gasteiger partial charge in [0.1, 0.15) is 0 Å². The lowest BCUT2D eigenvalue weighted by Gasteiger charge is -2.36. The van der Waals surface area contributed by atoms with Gasteiger partial charge in [-0.25, -0.2) is 4.79 Å². The summed E-state index contributed by atoms with van der Waals surface area (Å²) in [6.45, 7) is 5.57. The molecule has 2 unspecified atom stereocenters. The number of anilines is 1. The van der Waals surface area contributed by atoms with Gasteiger partial charge in [0, 0.05) is 28.8 Å². The lowest BCUT2D eigenvalue weighted by Crippen LogP contribution is -2.42. The molecular formula is C16H23BrN2O2.